The molecule has 0 unspecified atom stereocenters. The van der Waals surface area contributed by atoms with E-state index in [1.54, 1.807) is 0 Å². The van der Waals surface area contributed by atoms with Crippen molar-refractivity contribution in [1.82, 2.24) is 4.90 Å². The number of likely N-dealkylation sites (N-methyl/N-ethyl adjacent to an activating group) is 1. The second kappa shape index (κ2) is 6.28. The number of Topliss-reactive ketones (excluding diaryl/α,β-unsaturated/α-hetero) is 1. The van der Waals surface area contributed by atoms with Gasteiger partial charge < -0.3 is 4.74 Å². The van der Waals surface area contributed by atoms with Crippen LogP contribution in [-0.2, 0) is 4.74 Å². The van der Waals surface area contributed by atoms with Crippen molar-refractivity contribution in [1.29, 1.82) is 0 Å². The zero-order chi connectivity index (χ0) is 12.1. The normalized spacial score (nSPS) is 15.4. The predicted molar refractivity (Wildman–Crippen MR) is 69.7 cm³/mol. The van der Waals surface area contributed by atoms with E-state index < -0.39 is 0 Å². The van der Waals surface area contributed by atoms with Gasteiger partial charge in [-0.25, -0.2) is 0 Å². The molecule has 94 valence electrons. The molecular weight excluding hydrogens is 234 g/mol. The van der Waals surface area contributed by atoms with Crippen LogP contribution in [0.4, 0.5) is 0 Å². The Bertz CT molecular complexity index is 346. The van der Waals surface area contributed by atoms with Crippen LogP contribution in [-0.4, -0.2) is 44.0 Å². The number of hydrogen-bond donors (Lipinski definition) is 0. The van der Waals surface area contributed by atoms with E-state index in [1.165, 1.54) is 24.2 Å². The summed E-state index contributed by atoms with van der Waals surface area (Å²) in [5.74, 6) is 1.01. The zero-order valence-electron chi connectivity index (χ0n) is 10.2. The molecule has 1 aromatic heterocycles. The van der Waals surface area contributed by atoms with Gasteiger partial charge in [0.15, 0.2) is 5.78 Å². The minimum atomic E-state index is 0.199. The van der Waals surface area contributed by atoms with E-state index in [4.69, 9.17) is 4.74 Å². The van der Waals surface area contributed by atoms with Gasteiger partial charge in [0, 0.05) is 13.2 Å². The van der Waals surface area contributed by atoms with Crippen molar-refractivity contribution >= 4 is 17.1 Å². The van der Waals surface area contributed by atoms with Crippen LogP contribution >= 0.6 is 11.3 Å². The fraction of sp³-hybridized carbons (Fsp3) is 0.615. The summed E-state index contributed by atoms with van der Waals surface area (Å²) in [4.78, 5) is 14.7. The van der Waals surface area contributed by atoms with Gasteiger partial charge in [-0.1, -0.05) is 6.07 Å². The molecule has 0 aromatic carbocycles. The van der Waals surface area contributed by atoms with Crippen molar-refractivity contribution < 1.29 is 9.53 Å². The van der Waals surface area contributed by atoms with E-state index in [1.807, 2.05) is 29.5 Å². The van der Waals surface area contributed by atoms with Gasteiger partial charge in [-0.3, -0.25) is 9.69 Å². The Kier molecular flexibility index (Phi) is 4.71. The molecule has 0 spiro atoms. The third-order valence-corrected chi connectivity index (χ3v) is 3.79. The number of hydrogen-bond acceptors (Lipinski definition) is 4. The molecule has 0 amide bonds. The average molecular weight is 253 g/mol. The Labute approximate surface area is 106 Å². The first-order chi connectivity index (χ1) is 8.25. The van der Waals surface area contributed by atoms with Crippen molar-refractivity contribution in [3.8, 4) is 0 Å². The lowest BCUT2D eigenvalue weighted by Crippen LogP contribution is -2.29. The van der Waals surface area contributed by atoms with Gasteiger partial charge >= 0.3 is 0 Å². The summed E-state index contributed by atoms with van der Waals surface area (Å²) in [6.07, 6.45) is 2.65. The van der Waals surface area contributed by atoms with Crippen LogP contribution in [0.15, 0.2) is 17.5 Å². The quantitative estimate of drug-likeness (QED) is 0.526. The Morgan fingerprint density at radius 3 is 3.06 bits per heavy atom. The Hall–Kier alpha value is -0.710. The summed E-state index contributed by atoms with van der Waals surface area (Å²) in [5.41, 5.74) is 0. The van der Waals surface area contributed by atoms with Gasteiger partial charge in [0.25, 0.3) is 0 Å². The maximum absolute atomic E-state index is 11.8. The third kappa shape index (κ3) is 4.58. The molecule has 1 aromatic rings. The van der Waals surface area contributed by atoms with Crippen LogP contribution in [0.3, 0.4) is 0 Å². The van der Waals surface area contributed by atoms with Crippen LogP contribution in [0, 0.1) is 5.92 Å². The lowest BCUT2D eigenvalue weighted by atomic mass is 10.3. The molecule has 0 bridgehead atoms. The van der Waals surface area contributed by atoms with Gasteiger partial charge in [0.2, 0.25) is 0 Å². The molecule has 1 heterocycles. The summed E-state index contributed by atoms with van der Waals surface area (Å²) >= 11 is 1.51. The highest BCUT2D eigenvalue weighted by atomic mass is 32.1. The number of ketones is 1. The Morgan fingerprint density at radius 2 is 2.41 bits per heavy atom. The minimum Gasteiger partial charge on any atom is -0.380 e. The fourth-order valence-electron chi connectivity index (χ4n) is 1.59. The van der Waals surface area contributed by atoms with Crippen molar-refractivity contribution in [2.75, 3.05) is 33.4 Å². The zero-order valence-corrected chi connectivity index (χ0v) is 11.0. The summed E-state index contributed by atoms with van der Waals surface area (Å²) in [6.45, 7) is 2.93. The largest absolute Gasteiger partial charge is 0.380 e. The van der Waals surface area contributed by atoms with E-state index in [-0.39, 0.29) is 5.78 Å². The summed E-state index contributed by atoms with van der Waals surface area (Å²) in [7, 11) is 1.96. The fourth-order valence-corrected chi connectivity index (χ4v) is 2.25. The summed E-state index contributed by atoms with van der Waals surface area (Å²) in [5, 5.41) is 1.94. The van der Waals surface area contributed by atoms with Crippen LogP contribution < -0.4 is 0 Å². The molecule has 2 rings (SSSR count). The maximum Gasteiger partial charge on any atom is 0.186 e. The van der Waals surface area contributed by atoms with Crippen LogP contribution in [0.2, 0.25) is 0 Å². The first-order valence-electron chi connectivity index (χ1n) is 6.08. The van der Waals surface area contributed by atoms with Gasteiger partial charge in [0.05, 0.1) is 18.0 Å². The number of carbonyl (C=O) groups is 1. The molecule has 0 aliphatic heterocycles. The number of carbonyl (C=O) groups excluding carboxylic acids is 1. The summed E-state index contributed by atoms with van der Waals surface area (Å²) in [6, 6.07) is 3.79. The van der Waals surface area contributed by atoms with Gasteiger partial charge in [-0.15, -0.1) is 11.3 Å². The predicted octanol–water partition coefficient (Wildman–Crippen LogP) is 2.29. The van der Waals surface area contributed by atoms with E-state index in [0.29, 0.717) is 6.54 Å². The molecule has 4 heteroatoms. The number of rotatable bonds is 8. The topological polar surface area (TPSA) is 29.5 Å². The molecule has 1 aliphatic carbocycles. The van der Waals surface area contributed by atoms with Crippen molar-refractivity contribution in [2.45, 2.75) is 12.8 Å². The number of ether oxygens (including phenoxy) is 1. The molecule has 1 aliphatic rings. The average Bonchev–Trinajstić information content (AvgIpc) is 2.95. The van der Waals surface area contributed by atoms with Gasteiger partial charge in [-0.2, -0.15) is 0 Å². The molecule has 3 nitrogen and oxygen atoms in total. The van der Waals surface area contributed by atoms with Crippen LogP contribution in [0.25, 0.3) is 0 Å². The van der Waals surface area contributed by atoms with Crippen molar-refractivity contribution in [3.63, 3.8) is 0 Å². The molecule has 0 saturated heterocycles. The monoisotopic (exact) mass is 253 g/mol. The minimum absolute atomic E-state index is 0.199. The number of thiophene rings is 1. The summed E-state index contributed by atoms with van der Waals surface area (Å²) < 4.78 is 5.55. The number of nitrogens with zero attached hydrogens (tertiary/aromatic N) is 1. The van der Waals surface area contributed by atoms with Crippen LogP contribution in [0.5, 0.6) is 0 Å². The lowest BCUT2D eigenvalue weighted by Gasteiger charge is -2.15. The highest BCUT2D eigenvalue weighted by Gasteiger charge is 2.21. The maximum atomic E-state index is 11.8. The molecule has 17 heavy (non-hydrogen) atoms. The lowest BCUT2D eigenvalue weighted by molar-refractivity contribution is 0.0864. The third-order valence-electron chi connectivity index (χ3n) is 2.88. The second-order valence-electron chi connectivity index (χ2n) is 4.66. The first kappa shape index (κ1) is 12.7. The molecular formula is C13H19NO2S. The first-order valence-corrected chi connectivity index (χ1v) is 6.96. The standard InChI is InChI=1S/C13H19NO2S/c1-14(6-7-16-10-11-4-5-11)9-12(15)13-3-2-8-17-13/h2-3,8,11H,4-7,9-10H2,1H3. The molecule has 1 saturated carbocycles. The molecule has 0 N–H and O–H groups in total. The molecule has 1 fully saturated rings. The Balaban J connectivity index is 1.59. The molecule has 0 radical (unpaired) electrons. The van der Waals surface area contributed by atoms with Crippen molar-refractivity contribution in [2.24, 2.45) is 5.92 Å². The van der Waals surface area contributed by atoms with Crippen LogP contribution in [0.1, 0.15) is 22.5 Å². The van der Waals surface area contributed by atoms with E-state index in [0.717, 1.165) is 30.6 Å². The highest BCUT2D eigenvalue weighted by molar-refractivity contribution is 7.12. The highest BCUT2D eigenvalue weighted by Crippen LogP contribution is 2.28. The SMILES string of the molecule is CN(CCOCC1CC1)CC(=O)c1cccs1. The smallest absolute Gasteiger partial charge is 0.186 e. The van der Waals surface area contributed by atoms with Gasteiger partial charge in [-0.05, 0) is 37.3 Å². The van der Waals surface area contributed by atoms with Gasteiger partial charge in [0.1, 0.15) is 0 Å². The van der Waals surface area contributed by atoms with E-state index in [9.17, 15) is 4.79 Å². The molecule has 0 atom stereocenters. The van der Waals surface area contributed by atoms with E-state index in [2.05, 4.69) is 0 Å². The Morgan fingerprint density at radius 1 is 1.59 bits per heavy atom. The second-order valence-corrected chi connectivity index (χ2v) is 5.60. The van der Waals surface area contributed by atoms with Crippen molar-refractivity contribution in [3.05, 3.63) is 22.4 Å². The van der Waals surface area contributed by atoms with E-state index >= 15 is 0 Å².